The summed E-state index contributed by atoms with van der Waals surface area (Å²) in [4.78, 5) is 1.67. The minimum Gasteiger partial charge on any atom is -0.387 e. The molecule has 58 valence electrons. The zero-order chi connectivity index (χ0) is 6.97. The molecule has 0 saturated carbocycles. The molecule has 0 aromatic carbocycles. The number of nitrogens with one attached hydrogen (secondary N) is 1. The lowest BCUT2D eigenvalue weighted by atomic mass is 10.0. The summed E-state index contributed by atoms with van der Waals surface area (Å²) in [6.07, 6.45) is 5.04. The van der Waals surface area contributed by atoms with Gasteiger partial charge in [0.15, 0.2) is 0 Å². The van der Waals surface area contributed by atoms with E-state index in [2.05, 4.69) is 0 Å². The SMILES string of the molecule is O[C@@H]1CC[NH+]2CCCC[C@@H]12. The van der Waals surface area contributed by atoms with E-state index in [0.29, 0.717) is 6.04 Å². The van der Waals surface area contributed by atoms with Crippen molar-refractivity contribution < 1.29 is 10.0 Å². The van der Waals surface area contributed by atoms with Gasteiger partial charge in [-0.05, 0) is 12.8 Å². The largest absolute Gasteiger partial charge is 0.387 e. The van der Waals surface area contributed by atoms with Crippen molar-refractivity contribution in [1.82, 2.24) is 0 Å². The molecular formula is C8H16NO+. The van der Waals surface area contributed by atoms with Crippen LogP contribution in [0.2, 0.25) is 0 Å². The van der Waals surface area contributed by atoms with Crippen LogP contribution in [0.15, 0.2) is 0 Å². The first-order valence-electron chi connectivity index (χ1n) is 4.40. The summed E-state index contributed by atoms with van der Waals surface area (Å²) < 4.78 is 0. The van der Waals surface area contributed by atoms with Gasteiger partial charge in [-0.2, -0.15) is 0 Å². The number of fused-ring (bicyclic) bond motifs is 1. The molecule has 0 bridgehead atoms. The lowest BCUT2D eigenvalue weighted by Gasteiger charge is -2.27. The second-order valence-electron chi connectivity index (χ2n) is 3.62. The van der Waals surface area contributed by atoms with E-state index in [1.807, 2.05) is 0 Å². The molecule has 1 unspecified atom stereocenters. The molecule has 0 aliphatic carbocycles. The summed E-state index contributed by atoms with van der Waals surface area (Å²) in [6, 6.07) is 0.605. The predicted molar refractivity (Wildman–Crippen MR) is 39.0 cm³/mol. The summed E-state index contributed by atoms with van der Waals surface area (Å²) in [7, 11) is 0. The number of piperidine rings is 1. The topological polar surface area (TPSA) is 24.7 Å². The Hall–Kier alpha value is -0.0800. The van der Waals surface area contributed by atoms with Crippen molar-refractivity contribution in [1.29, 1.82) is 0 Å². The van der Waals surface area contributed by atoms with Crippen molar-refractivity contribution in [2.45, 2.75) is 37.8 Å². The number of aliphatic hydroxyl groups excluding tert-OH is 1. The van der Waals surface area contributed by atoms with Gasteiger partial charge >= 0.3 is 0 Å². The third-order valence-electron chi connectivity index (χ3n) is 3.01. The number of quaternary nitrogens is 1. The maximum absolute atomic E-state index is 9.50. The van der Waals surface area contributed by atoms with E-state index in [9.17, 15) is 5.11 Å². The second kappa shape index (κ2) is 2.51. The highest BCUT2D eigenvalue weighted by Crippen LogP contribution is 2.12. The predicted octanol–water partition coefficient (Wildman–Crippen LogP) is -0.812. The van der Waals surface area contributed by atoms with Gasteiger partial charge in [0, 0.05) is 12.8 Å². The van der Waals surface area contributed by atoms with Crippen LogP contribution >= 0.6 is 0 Å². The summed E-state index contributed by atoms with van der Waals surface area (Å²) in [5, 5.41) is 9.50. The van der Waals surface area contributed by atoms with E-state index in [4.69, 9.17) is 0 Å². The third-order valence-corrected chi connectivity index (χ3v) is 3.01. The first-order chi connectivity index (χ1) is 4.88. The summed E-state index contributed by atoms with van der Waals surface area (Å²) in [5.74, 6) is 0. The van der Waals surface area contributed by atoms with Gasteiger partial charge in [-0.25, -0.2) is 0 Å². The number of aliphatic hydroxyl groups is 1. The fourth-order valence-electron chi connectivity index (χ4n) is 2.42. The van der Waals surface area contributed by atoms with E-state index < -0.39 is 0 Å². The molecule has 10 heavy (non-hydrogen) atoms. The van der Waals surface area contributed by atoms with Crippen molar-refractivity contribution in [3.8, 4) is 0 Å². The molecule has 2 heterocycles. The Labute approximate surface area is 61.8 Å². The molecular weight excluding hydrogens is 126 g/mol. The molecule has 2 nitrogen and oxygen atoms in total. The zero-order valence-corrected chi connectivity index (χ0v) is 6.34. The number of hydrogen-bond acceptors (Lipinski definition) is 1. The molecule has 2 rings (SSSR count). The highest BCUT2D eigenvalue weighted by atomic mass is 16.3. The fraction of sp³-hybridized carbons (Fsp3) is 1.00. The van der Waals surface area contributed by atoms with Gasteiger partial charge in [0.2, 0.25) is 0 Å². The lowest BCUT2D eigenvalue weighted by molar-refractivity contribution is -0.919. The van der Waals surface area contributed by atoms with Crippen LogP contribution in [-0.4, -0.2) is 30.3 Å². The Bertz CT molecular complexity index is 124. The van der Waals surface area contributed by atoms with Gasteiger partial charge in [0.05, 0.1) is 13.1 Å². The van der Waals surface area contributed by atoms with Crippen molar-refractivity contribution >= 4 is 0 Å². The van der Waals surface area contributed by atoms with Crippen LogP contribution in [0, 0.1) is 0 Å². The van der Waals surface area contributed by atoms with Crippen LogP contribution in [0.4, 0.5) is 0 Å². The molecule has 3 atom stereocenters. The zero-order valence-electron chi connectivity index (χ0n) is 6.34. The standard InChI is InChI=1S/C8H15NO/c10-8-4-6-9-5-2-1-3-7(8)9/h7-8,10H,1-6H2/p+1/t7-,8+/m0/s1. The number of rotatable bonds is 0. The van der Waals surface area contributed by atoms with E-state index in [-0.39, 0.29) is 6.10 Å². The maximum atomic E-state index is 9.50. The van der Waals surface area contributed by atoms with E-state index >= 15 is 0 Å². The molecule has 0 aromatic rings. The average molecular weight is 142 g/mol. The average Bonchev–Trinajstić information content (AvgIpc) is 2.34. The summed E-state index contributed by atoms with van der Waals surface area (Å²) in [6.45, 7) is 2.52. The highest BCUT2D eigenvalue weighted by molar-refractivity contribution is 4.75. The van der Waals surface area contributed by atoms with Crippen molar-refractivity contribution in [3.63, 3.8) is 0 Å². The van der Waals surface area contributed by atoms with Crippen molar-refractivity contribution in [3.05, 3.63) is 0 Å². The molecule has 2 aliphatic heterocycles. The molecule has 0 amide bonds. The molecule has 2 saturated heterocycles. The highest BCUT2D eigenvalue weighted by Gasteiger charge is 2.37. The minimum absolute atomic E-state index is 0.0234. The molecule has 2 aliphatic rings. The first kappa shape index (κ1) is 6.62. The van der Waals surface area contributed by atoms with Gasteiger partial charge in [-0.15, -0.1) is 0 Å². The quantitative estimate of drug-likeness (QED) is 0.454. The fourth-order valence-corrected chi connectivity index (χ4v) is 2.42. The molecule has 2 fully saturated rings. The number of hydrogen-bond donors (Lipinski definition) is 2. The van der Waals surface area contributed by atoms with Gasteiger partial charge in [0.25, 0.3) is 0 Å². The van der Waals surface area contributed by atoms with Gasteiger partial charge in [-0.1, -0.05) is 0 Å². The van der Waals surface area contributed by atoms with Crippen LogP contribution < -0.4 is 4.90 Å². The van der Waals surface area contributed by atoms with Crippen LogP contribution in [0.5, 0.6) is 0 Å². The Kier molecular flexibility index (Phi) is 1.66. The molecule has 0 aromatic heterocycles. The second-order valence-corrected chi connectivity index (χ2v) is 3.62. The maximum Gasteiger partial charge on any atom is 0.114 e. The van der Waals surface area contributed by atoms with Crippen LogP contribution in [0.3, 0.4) is 0 Å². The van der Waals surface area contributed by atoms with Crippen LogP contribution in [-0.2, 0) is 0 Å². The molecule has 2 heteroatoms. The van der Waals surface area contributed by atoms with Crippen molar-refractivity contribution in [2.75, 3.05) is 13.1 Å². The van der Waals surface area contributed by atoms with E-state index in [1.54, 1.807) is 4.90 Å². The smallest absolute Gasteiger partial charge is 0.114 e. The molecule has 0 radical (unpaired) electrons. The Morgan fingerprint density at radius 1 is 1.10 bits per heavy atom. The Morgan fingerprint density at radius 2 is 2.00 bits per heavy atom. The summed E-state index contributed by atoms with van der Waals surface area (Å²) >= 11 is 0. The minimum atomic E-state index is 0.0234. The normalized spacial score (nSPS) is 47.1. The van der Waals surface area contributed by atoms with E-state index in [0.717, 1.165) is 6.42 Å². The molecule has 2 N–H and O–H groups in total. The van der Waals surface area contributed by atoms with Gasteiger partial charge < -0.3 is 10.0 Å². The van der Waals surface area contributed by atoms with Gasteiger partial charge in [0.1, 0.15) is 12.1 Å². The van der Waals surface area contributed by atoms with Crippen molar-refractivity contribution in [2.24, 2.45) is 0 Å². The third kappa shape index (κ3) is 0.956. The Morgan fingerprint density at radius 3 is 2.80 bits per heavy atom. The summed E-state index contributed by atoms with van der Waals surface area (Å²) in [5.41, 5.74) is 0. The van der Waals surface area contributed by atoms with Crippen LogP contribution in [0.25, 0.3) is 0 Å². The van der Waals surface area contributed by atoms with E-state index in [1.165, 1.54) is 32.4 Å². The van der Waals surface area contributed by atoms with Gasteiger partial charge in [-0.3, -0.25) is 0 Å². The first-order valence-corrected chi connectivity index (χ1v) is 4.40. The Balaban J connectivity index is 2.01. The van der Waals surface area contributed by atoms with Crippen LogP contribution in [0.1, 0.15) is 25.7 Å². The molecule has 0 spiro atoms. The lowest BCUT2D eigenvalue weighted by Crippen LogP contribution is -3.15. The monoisotopic (exact) mass is 142 g/mol.